The van der Waals surface area contributed by atoms with Crippen LogP contribution in [-0.4, -0.2) is 21.1 Å². The van der Waals surface area contributed by atoms with Gasteiger partial charge in [0.05, 0.1) is 5.25 Å². The molecular weight excluding hydrogens is 322 g/mol. The lowest BCUT2D eigenvalue weighted by Gasteiger charge is -2.12. The Morgan fingerprint density at radius 1 is 1.38 bits per heavy atom. The first-order chi connectivity index (χ1) is 11.5. The molecule has 1 atom stereocenters. The summed E-state index contributed by atoms with van der Waals surface area (Å²) in [4.78, 5) is 31.2. The fourth-order valence-corrected chi connectivity index (χ4v) is 3.04. The van der Waals surface area contributed by atoms with Crippen molar-refractivity contribution in [1.82, 2.24) is 9.97 Å². The first kappa shape index (κ1) is 18.3. The van der Waals surface area contributed by atoms with E-state index in [9.17, 15) is 9.59 Å². The number of unbranched alkanes of at least 4 members (excludes halogenated alkanes) is 1. The van der Waals surface area contributed by atoms with Crippen molar-refractivity contribution in [1.29, 1.82) is 0 Å². The Balaban J connectivity index is 2.03. The van der Waals surface area contributed by atoms with Gasteiger partial charge in [-0.2, -0.15) is 0 Å². The van der Waals surface area contributed by atoms with Gasteiger partial charge in [0, 0.05) is 17.4 Å². The number of anilines is 1. The van der Waals surface area contributed by atoms with E-state index in [1.54, 1.807) is 6.92 Å². The lowest BCUT2D eigenvalue weighted by molar-refractivity contribution is -0.115. The van der Waals surface area contributed by atoms with Gasteiger partial charge in [0.1, 0.15) is 0 Å². The van der Waals surface area contributed by atoms with Crippen molar-refractivity contribution >= 4 is 23.4 Å². The molecule has 0 fully saturated rings. The van der Waals surface area contributed by atoms with Gasteiger partial charge in [0.15, 0.2) is 5.16 Å². The maximum Gasteiger partial charge on any atom is 0.251 e. The number of carbonyl (C=O) groups excluding carboxylic acids is 1. The highest BCUT2D eigenvalue weighted by atomic mass is 32.2. The number of carbonyl (C=O) groups is 1. The largest absolute Gasteiger partial charge is 0.325 e. The highest BCUT2D eigenvalue weighted by Crippen LogP contribution is 2.20. The predicted octanol–water partition coefficient (Wildman–Crippen LogP) is 3.54. The van der Waals surface area contributed by atoms with Crippen LogP contribution in [0.5, 0.6) is 0 Å². The van der Waals surface area contributed by atoms with Gasteiger partial charge in [-0.3, -0.25) is 9.59 Å². The van der Waals surface area contributed by atoms with Crippen molar-refractivity contribution in [3.63, 3.8) is 0 Å². The van der Waals surface area contributed by atoms with Crippen molar-refractivity contribution in [2.45, 2.75) is 50.4 Å². The second-order valence-electron chi connectivity index (χ2n) is 5.76. The summed E-state index contributed by atoms with van der Waals surface area (Å²) >= 11 is 1.26. The highest BCUT2D eigenvalue weighted by molar-refractivity contribution is 8.00. The Hall–Kier alpha value is -2.08. The summed E-state index contributed by atoms with van der Waals surface area (Å²) in [5, 5.41) is 3.01. The van der Waals surface area contributed by atoms with Crippen LogP contribution in [-0.2, 0) is 11.2 Å². The molecule has 1 aromatic heterocycles. The number of aromatic amines is 1. The molecule has 0 radical (unpaired) electrons. The van der Waals surface area contributed by atoms with Crippen molar-refractivity contribution in [3.05, 3.63) is 51.9 Å². The van der Waals surface area contributed by atoms with Crippen LogP contribution in [0.3, 0.4) is 0 Å². The average Bonchev–Trinajstić information content (AvgIpc) is 2.52. The smallest absolute Gasteiger partial charge is 0.251 e. The van der Waals surface area contributed by atoms with E-state index in [1.165, 1.54) is 17.8 Å². The van der Waals surface area contributed by atoms with Gasteiger partial charge in [-0.1, -0.05) is 37.2 Å². The molecule has 0 bridgehead atoms. The maximum absolute atomic E-state index is 12.3. The fourth-order valence-electron chi connectivity index (χ4n) is 2.21. The number of nitrogens with zero attached hydrogens (tertiary/aromatic N) is 1. The molecule has 1 unspecified atom stereocenters. The van der Waals surface area contributed by atoms with Gasteiger partial charge in [-0.25, -0.2) is 4.98 Å². The van der Waals surface area contributed by atoms with E-state index in [0.29, 0.717) is 5.16 Å². The molecule has 1 aromatic carbocycles. The van der Waals surface area contributed by atoms with Crippen LogP contribution < -0.4 is 10.9 Å². The highest BCUT2D eigenvalue weighted by Gasteiger charge is 2.16. The lowest BCUT2D eigenvalue weighted by Crippen LogP contribution is -2.23. The number of nitrogens with one attached hydrogen (secondary N) is 2. The van der Waals surface area contributed by atoms with Gasteiger partial charge < -0.3 is 10.3 Å². The van der Waals surface area contributed by atoms with Crippen LogP contribution >= 0.6 is 11.8 Å². The third kappa shape index (κ3) is 5.53. The normalized spacial score (nSPS) is 12.0. The third-order valence-corrected chi connectivity index (χ3v) is 4.49. The molecule has 0 saturated carbocycles. The minimum absolute atomic E-state index is 0.118. The van der Waals surface area contributed by atoms with Crippen molar-refractivity contribution in [2.24, 2.45) is 0 Å². The predicted molar refractivity (Wildman–Crippen MR) is 98.6 cm³/mol. The number of hydrogen-bond donors (Lipinski definition) is 2. The van der Waals surface area contributed by atoms with E-state index in [1.807, 2.05) is 31.2 Å². The van der Waals surface area contributed by atoms with E-state index in [2.05, 4.69) is 22.2 Å². The Kier molecular flexibility index (Phi) is 6.61. The fraction of sp³-hybridized carbons (Fsp3) is 0.389. The van der Waals surface area contributed by atoms with E-state index in [0.717, 1.165) is 36.2 Å². The van der Waals surface area contributed by atoms with Gasteiger partial charge in [0.25, 0.3) is 5.56 Å². The number of thioether (sulfide) groups is 1. The number of aromatic nitrogens is 2. The summed E-state index contributed by atoms with van der Waals surface area (Å²) in [6.45, 7) is 5.87. The minimum Gasteiger partial charge on any atom is -0.325 e. The lowest BCUT2D eigenvalue weighted by atomic mass is 10.2. The third-order valence-electron chi connectivity index (χ3n) is 3.50. The molecular formula is C18H23N3O2S. The molecule has 2 N–H and O–H groups in total. The Labute approximate surface area is 146 Å². The van der Waals surface area contributed by atoms with Crippen LogP contribution in [0.15, 0.2) is 40.3 Å². The summed E-state index contributed by atoms with van der Waals surface area (Å²) in [5.74, 6) is -0.118. The van der Waals surface area contributed by atoms with Crippen LogP contribution in [0, 0.1) is 6.92 Å². The number of H-pyrrole nitrogens is 1. The van der Waals surface area contributed by atoms with Gasteiger partial charge >= 0.3 is 0 Å². The van der Waals surface area contributed by atoms with Crippen LogP contribution in [0.4, 0.5) is 5.69 Å². The zero-order valence-corrected chi connectivity index (χ0v) is 15.1. The van der Waals surface area contributed by atoms with Crippen molar-refractivity contribution < 1.29 is 4.79 Å². The van der Waals surface area contributed by atoms with Gasteiger partial charge in [-0.05, 0) is 44.4 Å². The molecule has 2 aromatic rings. The average molecular weight is 345 g/mol. The topological polar surface area (TPSA) is 74.8 Å². The first-order valence-electron chi connectivity index (χ1n) is 8.12. The van der Waals surface area contributed by atoms with Crippen LogP contribution in [0.25, 0.3) is 0 Å². The molecule has 0 aliphatic carbocycles. The number of rotatable bonds is 7. The number of aryl methyl sites for hydroxylation is 2. The monoisotopic (exact) mass is 345 g/mol. The SMILES string of the molecule is CCCCc1cc(=O)[nH]c(SC(C)C(=O)Nc2cccc(C)c2)n1. The molecule has 5 nitrogen and oxygen atoms in total. The molecule has 0 aliphatic heterocycles. The zero-order chi connectivity index (χ0) is 17.5. The maximum atomic E-state index is 12.3. The van der Waals surface area contributed by atoms with E-state index < -0.39 is 0 Å². The van der Waals surface area contributed by atoms with Crippen molar-refractivity contribution in [3.8, 4) is 0 Å². The van der Waals surface area contributed by atoms with Crippen molar-refractivity contribution in [2.75, 3.05) is 5.32 Å². The molecule has 128 valence electrons. The Morgan fingerprint density at radius 3 is 2.88 bits per heavy atom. The molecule has 2 rings (SSSR count). The second kappa shape index (κ2) is 8.68. The zero-order valence-electron chi connectivity index (χ0n) is 14.3. The van der Waals surface area contributed by atoms with E-state index in [4.69, 9.17) is 0 Å². The molecule has 0 aliphatic rings. The van der Waals surface area contributed by atoms with Gasteiger partial charge in [0.2, 0.25) is 5.91 Å². The summed E-state index contributed by atoms with van der Waals surface area (Å²) < 4.78 is 0. The molecule has 0 saturated heterocycles. The molecule has 1 heterocycles. The molecule has 1 amide bonds. The van der Waals surface area contributed by atoms with Crippen LogP contribution in [0.1, 0.15) is 37.9 Å². The quantitative estimate of drug-likeness (QED) is 0.594. The second-order valence-corrected chi connectivity index (χ2v) is 7.09. The number of hydrogen-bond acceptors (Lipinski definition) is 4. The Morgan fingerprint density at radius 2 is 2.17 bits per heavy atom. The summed E-state index contributed by atoms with van der Waals surface area (Å²) in [5.41, 5.74) is 2.45. The standard InChI is InChI=1S/C18H23N3O2S/c1-4-5-8-15-11-16(22)21-18(20-15)24-13(3)17(23)19-14-9-6-7-12(2)10-14/h6-7,9-11,13H,4-5,8H2,1-3H3,(H,19,23)(H,20,21,22). The summed E-state index contributed by atoms with van der Waals surface area (Å²) in [6.07, 6.45) is 2.81. The van der Waals surface area contributed by atoms with Crippen LogP contribution in [0.2, 0.25) is 0 Å². The Bertz CT molecular complexity index is 758. The number of benzene rings is 1. The number of amides is 1. The summed E-state index contributed by atoms with van der Waals surface area (Å²) in [6, 6.07) is 9.18. The molecule has 24 heavy (non-hydrogen) atoms. The van der Waals surface area contributed by atoms with E-state index >= 15 is 0 Å². The first-order valence-corrected chi connectivity index (χ1v) is 9.00. The minimum atomic E-state index is -0.366. The van der Waals surface area contributed by atoms with Gasteiger partial charge in [-0.15, -0.1) is 0 Å². The summed E-state index contributed by atoms with van der Waals surface area (Å²) in [7, 11) is 0. The molecule has 6 heteroatoms. The molecule has 0 spiro atoms. The van der Waals surface area contributed by atoms with E-state index in [-0.39, 0.29) is 16.7 Å².